The summed E-state index contributed by atoms with van der Waals surface area (Å²) in [6.07, 6.45) is 0.949. The van der Waals surface area contributed by atoms with Crippen molar-refractivity contribution in [3.05, 3.63) is 29.8 Å². The van der Waals surface area contributed by atoms with Gasteiger partial charge in [0.2, 0.25) is 0 Å². The quantitative estimate of drug-likeness (QED) is 0.696. The van der Waals surface area contributed by atoms with E-state index in [0.29, 0.717) is 6.54 Å². The predicted molar refractivity (Wildman–Crippen MR) is 50.6 cm³/mol. The van der Waals surface area contributed by atoms with E-state index in [1.807, 2.05) is 38.1 Å². The van der Waals surface area contributed by atoms with E-state index in [1.165, 1.54) is 5.06 Å². The Kier molecular flexibility index (Phi) is 3.11. The molecule has 0 fully saturated rings. The summed E-state index contributed by atoms with van der Waals surface area (Å²) in [6.45, 7) is 4.72. The molecule has 0 unspecified atom stereocenters. The van der Waals surface area contributed by atoms with Gasteiger partial charge in [-0.1, -0.05) is 25.1 Å². The average Bonchev–Trinajstić information content (AvgIpc) is 2.05. The lowest BCUT2D eigenvalue weighted by atomic mass is 10.2. The van der Waals surface area contributed by atoms with Crippen LogP contribution in [0.4, 0.5) is 5.69 Å². The Balaban J connectivity index is 2.79. The second-order valence-corrected chi connectivity index (χ2v) is 2.91. The van der Waals surface area contributed by atoms with Gasteiger partial charge in [0, 0.05) is 6.54 Å². The lowest BCUT2D eigenvalue weighted by molar-refractivity contribution is 0.253. The van der Waals surface area contributed by atoms with Gasteiger partial charge in [0.05, 0.1) is 5.69 Å². The first-order valence-corrected chi connectivity index (χ1v) is 4.27. The number of anilines is 1. The third-order valence-electron chi connectivity index (χ3n) is 1.83. The largest absolute Gasteiger partial charge is 0.288 e. The van der Waals surface area contributed by atoms with Crippen molar-refractivity contribution in [1.29, 1.82) is 0 Å². The van der Waals surface area contributed by atoms with Crippen molar-refractivity contribution < 1.29 is 5.21 Å². The van der Waals surface area contributed by atoms with Crippen LogP contribution in [0.3, 0.4) is 0 Å². The lowest BCUT2D eigenvalue weighted by Crippen LogP contribution is -2.19. The number of benzene rings is 1. The van der Waals surface area contributed by atoms with Crippen LogP contribution in [0.25, 0.3) is 0 Å². The van der Waals surface area contributed by atoms with Gasteiger partial charge >= 0.3 is 0 Å². The van der Waals surface area contributed by atoms with Gasteiger partial charge in [-0.05, 0) is 25.0 Å². The Morgan fingerprint density at radius 1 is 1.33 bits per heavy atom. The van der Waals surface area contributed by atoms with Crippen LogP contribution < -0.4 is 5.06 Å². The van der Waals surface area contributed by atoms with E-state index in [1.54, 1.807) is 0 Å². The van der Waals surface area contributed by atoms with Crippen LogP contribution in [0.1, 0.15) is 18.9 Å². The molecule has 1 aromatic rings. The lowest BCUT2D eigenvalue weighted by Gasteiger charge is -2.17. The van der Waals surface area contributed by atoms with Gasteiger partial charge in [0.15, 0.2) is 0 Å². The molecule has 0 aliphatic heterocycles. The number of hydrogen-bond donors (Lipinski definition) is 1. The standard InChI is InChI=1S/C10H15NO/c1-3-8-11(12)10-7-5-4-6-9(10)2/h4-7,12H,3,8H2,1-2H3. The average molecular weight is 165 g/mol. The minimum atomic E-state index is 0.685. The minimum Gasteiger partial charge on any atom is -0.288 e. The van der Waals surface area contributed by atoms with Crippen molar-refractivity contribution in [3.8, 4) is 0 Å². The molecule has 0 atom stereocenters. The summed E-state index contributed by atoms with van der Waals surface area (Å²) in [4.78, 5) is 0. The van der Waals surface area contributed by atoms with Crippen molar-refractivity contribution in [3.63, 3.8) is 0 Å². The third kappa shape index (κ3) is 1.98. The zero-order valence-electron chi connectivity index (χ0n) is 7.62. The van der Waals surface area contributed by atoms with Crippen LogP contribution in [-0.2, 0) is 0 Å². The third-order valence-corrected chi connectivity index (χ3v) is 1.83. The van der Waals surface area contributed by atoms with Crippen LogP contribution in [0, 0.1) is 6.92 Å². The zero-order valence-corrected chi connectivity index (χ0v) is 7.62. The van der Waals surface area contributed by atoms with E-state index in [4.69, 9.17) is 0 Å². The molecule has 0 saturated heterocycles. The summed E-state index contributed by atoms with van der Waals surface area (Å²) in [5, 5.41) is 10.8. The Hall–Kier alpha value is -1.02. The second kappa shape index (κ2) is 4.12. The summed E-state index contributed by atoms with van der Waals surface area (Å²) in [5.74, 6) is 0. The van der Waals surface area contributed by atoms with E-state index in [0.717, 1.165) is 17.7 Å². The van der Waals surface area contributed by atoms with Crippen LogP contribution in [0.2, 0.25) is 0 Å². The molecule has 2 nitrogen and oxygen atoms in total. The number of nitrogens with zero attached hydrogens (tertiary/aromatic N) is 1. The molecular formula is C10H15NO. The molecule has 0 bridgehead atoms. The maximum atomic E-state index is 9.53. The van der Waals surface area contributed by atoms with Crippen molar-refractivity contribution in [2.75, 3.05) is 11.6 Å². The zero-order chi connectivity index (χ0) is 8.97. The van der Waals surface area contributed by atoms with Crippen molar-refractivity contribution in [2.24, 2.45) is 0 Å². The SMILES string of the molecule is CCCN(O)c1ccccc1C. The highest BCUT2D eigenvalue weighted by molar-refractivity contribution is 5.50. The Labute approximate surface area is 73.4 Å². The van der Waals surface area contributed by atoms with Gasteiger partial charge in [0.1, 0.15) is 0 Å². The van der Waals surface area contributed by atoms with E-state index >= 15 is 0 Å². The molecule has 0 radical (unpaired) electrons. The number of rotatable bonds is 3. The summed E-state index contributed by atoms with van der Waals surface area (Å²) in [5.41, 5.74) is 2.01. The normalized spacial score (nSPS) is 9.92. The molecule has 0 spiro atoms. The molecule has 0 amide bonds. The predicted octanol–water partition coefficient (Wildman–Crippen LogP) is 2.60. The Morgan fingerprint density at radius 3 is 2.58 bits per heavy atom. The molecule has 2 heteroatoms. The number of aryl methyl sites for hydroxylation is 1. The van der Waals surface area contributed by atoms with Crippen molar-refractivity contribution in [2.45, 2.75) is 20.3 Å². The maximum Gasteiger partial charge on any atom is 0.0663 e. The monoisotopic (exact) mass is 165 g/mol. The molecular weight excluding hydrogens is 150 g/mol. The highest BCUT2D eigenvalue weighted by Crippen LogP contribution is 2.17. The summed E-state index contributed by atoms with van der Waals surface area (Å²) < 4.78 is 0. The molecule has 0 aromatic heterocycles. The number of hydrogen-bond acceptors (Lipinski definition) is 2. The second-order valence-electron chi connectivity index (χ2n) is 2.91. The van der Waals surface area contributed by atoms with Gasteiger partial charge in [-0.2, -0.15) is 0 Å². The first-order chi connectivity index (χ1) is 5.75. The van der Waals surface area contributed by atoms with E-state index in [2.05, 4.69) is 0 Å². The first kappa shape index (κ1) is 9.07. The van der Waals surface area contributed by atoms with Crippen LogP contribution in [0.15, 0.2) is 24.3 Å². The fraction of sp³-hybridized carbons (Fsp3) is 0.400. The fourth-order valence-electron chi connectivity index (χ4n) is 1.19. The van der Waals surface area contributed by atoms with Crippen molar-refractivity contribution in [1.82, 2.24) is 0 Å². The maximum absolute atomic E-state index is 9.53. The molecule has 0 aliphatic rings. The molecule has 1 aromatic carbocycles. The van der Waals surface area contributed by atoms with Gasteiger partial charge in [-0.3, -0.25) is 10.3 Å². The van der Waals surface area contributed by atoms with Gasteiger partial charge in [-0.25, -0.2) is 0 Å². The van der Waals surface area contributed by atoms with Gasteiger partial charge in [-0.15, -0.1) is 0 Å². The molecule has 0 heterocycles. The fourth-order valence-corrected chi connectivity index (χ4v) is 1.19. The van der Waals surface area contributed by atoms with E-state index in [-0.39, 0.29) is 0 Å². The molecule has 1 N–H and O–H groups in total. The van der Waals surface area contributed by atoms with E-state index < -0.39 is 0 Å². The molecule has 12 heavy (non-hydrogen) atoms. The Morgan fingerprint density at radius 2 is 2.00 bits per heavy atom. The summed E-state index contributed by atoms with van der Waals surface area (Å²) >= 11 is 0. The highest BCUT2D eigenvalue weighted by atomic mass is 16.5. The minimum absolute atomic E-state index is 0.685. The Bertz CT molecular complexity index is 247. The molecule has 1 rings (SSSR count). The smallest absolute Gasteiger partial charge is 0.0663 e. The van der Waals surface area contributed by atoms with Gasteiger partial charge < -0.3 is 0 Å². The van der Waals surface area contributed by atoms with Crippen LogP contribution in [-0.4, -0.2) is 11.8 Å². The number of hydroxylamine groups is 1. The van der Waals surface area contributed by atoms with Crippen LogP contribution in [0.5, 0.6) is 0 Å². The first-order valence-electron chi connectivity index (χ1n) is 4.27. The topological polar surface area (TPSA) is 23.5 Å². The molecule has 0 saturated carbocycles. The molecule has 0 aliphatic carbocycles. The van der Waals surface area contributed by atoms with E-state index in [9.17, 15) is 5.21 Å². The summed E-state index contributed by atoms with van der Waals surface area (Å²) in [7, 11) is 0. The molecule has 66 valence electrons. The summed E-state index contributed by atoms with van der Waals surface area (Å²) in [6, 6.07) is 7.82. The van der Waals surface area contributed by atoms with Crippen LogP contribution >= 0.6 is 0 Å². The number of para-hydroxylation sites is 1. The van der Waals surface area contributed by atoms with Crippen molar-refractivity contribution >= 4 is 5.69 Å². The highest BCUT2D eigenvalue weighted by Gasteiger charge is 2.02. The van der Waals surface area contributed by atoms with Gasteiger partial charge in [0.25, 0.3) is 0 Å².